The molecule has 0 saturated heterocycles. The molecule has 0 N–H and O–H groups in total. The fourth-order valence-corrected chi connectivity index (χ4v) is 4.12. The summed E-state index contributed by atoms with van der Waals surface area (Å²) in [7, 11) is 1.48. The molecule has 7 nitrogen and oxygen atoms in total. The van der Waals surface area contributed by atoms with Gasteiger partial charge in [0.15, 0.2) is 17.3 Å². The summed E-state index contributed by atoms with van der Waals surface area (Å²) in [4.78, 5) is 28.9. The van der Waals surface area contributed by atoms with Crippen molar-refractivity contribution in [2.24, 2.45) is 0 Å². The first-order chi connectivity index (χ1) is 14.0. The number of esters is 1. The van der Waals surface area contributed by atoms with Gasteiger partial charge in [0, 0.05) is 17.0 Å². The van der Waals surface area contributed by atoms with Gasteiger partial charge in [-0.3, -0.25) is 9.59 Å². The van der Waals surface area contributed by atoms with Crippen LogP contribution in [-0.4, -0.2) is 27.7 Å². The minimum Gasteiger partial charge on any atom is -0.493 e. The van der Waals surface area contributed by atoms with E-state index in [1.54, 1.807) is 24.3 Å². The van der Waals surface area contributed by atoms with Crippen LogP contribution in [0.2, 0.25) is 0 Å². The smallest absolute Gasteiger partial charge is 0.308 e. The molecule has 2 aromatic heterocycles. The van der Waals surface area contributed by atoms with Crippen molar-refractivity contribution >= 4 is 44.3 Å². The number of halogens is 1. The number of thiazole rings is 1. The second kappa shape index (κ2) is 7.76. The first-order valence-electron chi connectivity index (χ1n) is 8.49. The molecule has 146 valence electrons. The van der Waals surface area contributed by atoms with Crippen molar-refractivity contribution in [2.75, 3.05) is 7.11 Å². The van der Waals surface area contributed by atoms with Crippen molar-refractivity contribution in [1.82, 2.24) is 14.6 Å². The van der Waals surface area contributed by atoms with E-state index in [1.807, 2.05) is 24.3 Å². The average Bonchev–Trinajstić information content (AvgIpc) is 3.22. The second-order valence-electron chi connectivity index (χ2n) is 6.03. The summed E-state index contributed by atoms with van der Waals surface area (Å²) in [6.07, 6.45) is 1.72. The van der Waals surface area contributed by atoms with E-state index < -0.39 is 5.97 Å². The summed E-state index contributed by atoms with van der Waals surface area (Å²) in [5.41, 5.74) is 1.29. The quantitative estimate of drug-likeness (QED) is 0.336. The zero-order chi connectivity index (χ0) is 20.5. The van der Waals surface area contributed by atoms with Gasteiger partial charge in [-0.05, 0) is 35.9 Å². The molecule has 0 atom stereocenters. The molecule has 0 spiro atoms. The van der Waals surface area contributed by atoms with E-state index in [4.69, 9.17) is 9.47 Å². The van der Waals surface area contributed by atoms with E-state index in [2.05, 4.69) is 26.0 Å². The summed E-state index contributed by atoms with van der Waals surface area (Å²) in [6, 6.07) is 12.6. The SMILES string of the molecule is COc1cc(C=c2sc3nc(-c4ccccc4Br)nn3c2=O)ccc1OC(C)=O. The van der Waals surface area contributed by atoms with Crippen molar-refractivity contribution < 1.29 is 14.3 Å². The predicted molar refractivity (Wildman–Crippen MR) is 113 cm³/mol. The topological polar surface area (TPSA) is 82.8 Å². The zero-order valence-corrected chi connectivity index (χ0v) is 17.8. The molecule has 0 aliphatic heterocycles. The molecular formula is C20H14BrN3O4S. The Bertz CT molecular complexity index is 1350. The third kappa shape index (κ3) is 3.79. The Labute approximate surface area is 177 Å². The van der Waals surface area contributed by atoms with E-state index in [1.165, 1.54) is 29.9 Å². The molecule has 4 rings (SSSR count). The van der Waals surface area contributed by atoms with Crippen molar-refractivity contribution in [1.29, 1.82) is 0 Å². The number of ether oxygens (including phenoxy) is 2. The van der Waals surface area contributed by atoms with Crippen molar-refractivity contribution in [3.63, 3.8) is 0 Å². The first-order valence-corrected chi connectivity index (χ1v) is 10.1. The molecule has 0 unspecified atom stereocenters. The molecule has 0 aliphatic carbocycles. The molecule has 9 heteroatoms. The van der Waals surface area contributed by atoms with E-state index in [9.17, 15) is 9.59 Å². The number of methoxy groups -OCH3 is 1. The maximum atomic E-state index is 12.8. The molecule has 0 aliphatic rings. The highest BCUT2D eigenvalue weighted by Gasteiger charge is 2.14. The van der Waals surface area contributed by atoms with Gasteiger partial charge in [0.1, 0.15) is 0 Å². The van der Waals surface area contributed by atoms with Crippen LogP contribution in [0.5, 0.6) is 11.5 Å². The van der Waals surface area contributed by atoms with Crippen LogP contribution in [0.3, 0.4) is 0 Å². The molecule has 29 heavy (non-hydrogen) atoms. The number of rotatable bonds is 4. The lowest BCUT2D eigenvalue weighted by Crippen LogP contribution is -2.23. The summed E-state index contributed by atoms with van der Waals surface area (Å²) in [5.74, 6) is 0.769. The predicted octanol–water partition coefficient (Wildman–Crippen LogP) is 3.06. The Morgan fingerprint density at radius 1 is 1.21 bits per heavy atom. The zero-order valence-electron chi connectivity index (χ0n) is 15.4. The van der Waals surface area contributed by atoms with Gasteiger partial charge in [-0.15, -0.1) is 5.10 Å². The minimum atomic E-state index is -0.437. The molecule has 0 bridgehead atoms. The molecule has 4 aromatic rings. The third-order valence-corrected chi connectivity index (χ3v) is 5.69. The number of hydrogen-bond acceptors (Lipinski definition) is 7. The minimum absolute atomic E-state index is 0.251. The number of aromatic nitrogens is 3. The lowest BCUT2D eigenvalue weighted by molar-refractivity contribution is -0.132. The van der Waals surface area contributed by atoms with Gasteiger partial charge in [0.05, 0.1) is 11.6 Å². The summed E-state index contributed by atoms with van der Waals surface area (Å²) in [6.45, 7) is 1.32. The van der Waals surface area contributed by atoms with E-state index in [-0.39, 0.29) is 5.56 Å². The van der Waals surface area contributed by atoms with E-state index >= 15 is 0 Å². The van der Waals surface area contributed by atoms with Crippen LogP contribution in [0.4, 0.5) is 0 Å². The Morgan fingerprint density at radius 2 is 2.00 bits per heavy atom. The van der Waals surface area contributed by atoms with Gasteiger partial charge < -0.3 is 9.47 Å². The fourth-order valence-electron chi connectivity index (χ4n) is 2.75. The number of hydrogen-bond donors (Lipinski definition) is 0. The van der Waals surface area contributed by atoms with Crippen LogP contribution in [0.15, 0.2) is 51.7 Å². The molecule has 2 aromatic carbocycles. The third-order valence-electron chi connectivity index (χ3n) is 4.04. The summed E-state index contributed by atoms with van der Waals surface area (Å²) >= 11 is 4.72. The van der Waals surface area contributed by atoms with Gasteiger partial charge in [0.2, 0.25) is 4.96 Å². The number of nitrogens with zero attached hydrogens (tertiary/aromatic N) is 3. The molecule has 2 heterocycles. The lowest BCUT2D eigenvalue weighted by atomic mass is 10.2. The first kappa shape index (κ1) is 19.3. The van der Waals surface area contributed by atoms with E-state index in [0.717, 1.165) is 15.6 Å². The van der Waals surface area contributed by atoms with Crippen LogP contribution in [-0.2, 0) is 4.79 Å². The Hall–Kier alpha value is -3.04. The monoisotopic (exact) mass is 471 g/mol. The van der Waals surface area contributed by atoms with Crippen molar-refractivity contribution in [3.8, 4) is 22.9 Å². The Morgan fingerprint density at radius 3 is 2.69 bits per heavy atom. The number of carbonyl (C=O) groups excluding carboxylic acids is 1. The molecular weight excluding hydrogens is 458 g/mol. The largest absolute Gasteiger partial charge is 0.493 e. The molecule has 0 saturated carbocycles. The van der Waals surface area contributed by atoms with Crippen LogP contribution in [0, 0.1) is 0 Å². The molecule has 0 fully saturated rings. The average molecular weight is 472 g/mol. The van der Waals surface area contributed by atoms with E-state index in [0.29, 0.717) is 26.8 Å². The number of benzene rings is 2. The van der Waals surface area contributed by atoms with Crippen molar-refractivity contribution in [3.05, 3.63) is 67.4 Å². The van der Waals surface area contributed by atoms with Gasteiger partial charge in [-0.1, -0.05) is 45.5 Å². The normalized spacial score (nSPS) is 11.8. The second-order valence-corrected chi connectivity index (χ2v) is 7.89. The van der Waals surface area contributed by atoms with Gasteiger partial charge in [-0.2, -0.15) is 9.50 Å². The standard InChI is InChI=1S/C20H14BrN3O4S/c1-11(25)28-15-8-7-12(9-16(15)27-2)10-17-19(26)24-20(29-17)22-18(23-24)13-5-3-4-6-14(13)21/h3-10H,1-2H3. The number of carbonyl (C=O) groups is 1. The van der Waals surface area contributed by atoms with Gasteiger partial charge >= 0.3 is 5.97 Å². The Balaban J connectivity index is 1.75. The highest BCUT2D eigenvalue weighted by atomic mass is 79.9. The van der Waals surface area contributed by atoms with Crippen LogP contribution < -0.4 is 19.6 Å². The number of fused-ring (bicyclic) bond motifs is 1. The fraction of sp³-hybridized carbons (Fsp3) is 0.100. The lowest BCUT2D eigenvalue weighted by Gasteiger charge is -2.08. The molecule has 0 amide bonds. The van der Waals surface area contributed by atoms with Crippen LogP contribution >= 0.6 is 27.3 Å². The highest BCUT2D eigenvalue weighted by Crippen LogP contribution is 2.29. The van der Waals surface area contributed by atoms with Crippen molar-refractivity contribution in [2.45, 2.75) is 6.92 Å². The summed E-state index contributed by atoms with van der Waals surface area (Å²) < 4.78 is 13.0. The molecule has 0 radical (unpaired) electrons. The Kier molecular flexibility index (Phi) is 5.16. The maximum Gasteiger partial charge on any atom is 0.308 e. The highest BCUT2D eigenvalue weighted by molar-refractivity contribution is 9.10. The van der Waals surface area contributed by atoms with Gasteiger partial charge in [-0.25, -0.2) is 0 Å². The summed E-state index contributed by atoms with van der Waals surface area (Å²) in [5, 5.41) is 4.36. The van der Waals surface area contributed by atoms with Crippen LogP contribution in [0.1, 0.15) is 12.5 Å². The maximum absolute atomic E-state index is 12.8. The van der Waals surface area contributed by atoms with Crippen LogP contribution in [0.25, 0.3) is 22.4 Å². The van der Waals surface area contributed by atoms with Gasteiger partial charge in [0.25, 0.3) is 5.56 Å².